The van der Waals surface area contributed by atoms with Crippen molar-refractivity contribution in [2.45, 2.75) is 19.5 Å². The highest BCUT2D eigenvalue weighted by Crippen LogP contribution is 2.35. The molecular weight excluding hydrogens is 275 g/mol. The van der Waals surface area contributed by atoms with Gasteiger partial charge in [-0.2, -0.15) is 0 Å². The summed E-state index contributed by atoms with van der Waals surface area (Å²) >= 11 is 1.67. The van der Waals surface area contributed by atoms with Crippen molar-refractivity contribution in [3.8, 4) is 0 Å². The predicted octanol–water partition coefficient (Wildman–Crippen LogP) is 3.48. The minimum absolute atomic E-state index is 0.0155. The second kappa shape index (κ2) is 5.26. The number of hydrogen-bond donors (Lipinski definition) is 1. The summed E-state index contributed by atoms with van der Waals surface area (Å²) in [4.78, 5) is 6.75. The number of benzene rings is 1. The summed E-state index contributed by atoms with van der Waals surface area (Å²) in [5.41, 5.74) is 7.84. The molecule has 1 unspecified atom stereocenters. The molecule has 1 atom stereocenters. The van der Waals surface area contributed by atoms with Gasteiger partial charge in [-0.15, -0.1) is 16.4 Å². The molecular formula is C15H15FN2OS. The van der Waals surface area contributed by atoms with E-state index in [1.807, 2.05) is 17.5 Å². The van der Waals surface area contributed by atoms with Gasteiger partial charge < -0.3 is 10.6 Å². The van der Waals surface area contributed by atoms with E-state index in [0.717, 1.165) is 5.56 Å². The van der Waals surface area contributed by atoms with Crippen molar-refractivity contribution in [2.75, 3.05) is 0 Å². The van der Waals surface area contributed by atoms with Crippen molar-refractivity contribution in [3.63, 3.8) is 0 Å². The fourth-order valence-corrected chi connectivity index (χ4v) is 3.30. The quantitative estimate of drug-likeness (QED) is 0.940. The molecule has 20 heavy (non-hydrogen) atoms. The third-order valence-electron chi connectivity index (χ3n) is 3.25. The molecule has 3 nitrogen and oxygen atoms in total. The van der Waals surface area contributed by atoms with E-state index in [9.17, 15) is 4.39 Å². The Labute approximate surface area is 121 Å². The second-order valence-corrected chi connectivity index (χ2v) is 5.73. The standard InChI is InChI=1S/C15H15FN2OS/c1-10-5-6-20-15(10)13-8-14(17)19-18(13)9-11-3-2-4-12(16)7-11/h2-8,13H,9,17H2,1H3. The number of rotatable bonds is 3. The number of hydrogen-bond acceptors (Lipinski definition) is 4. The summed E-state index contributed by atoms with van der Waals surface area (Å²) < 4.78 is 13.3. The summed E-state index contributed by atoms with van der Waals surface area (Å²) in [5.74, 6) is 0.144. The van der Waals surface area contributed by atoms with E-state index in [0.29, 0.717) is 12.4 Å². The molecule has 5 heteroatoms. The molecule has 0 fully saturated rings. The van der Waals surface area contributed by atoms with E-state index in [1.54, 1.807) is 22.5 Å². The van der Waals surface area contributed by atoms with Crippen molar-refractivity contribution >= 4 is 11.3 Å². The smallest absolute Gasteiger partial charge is 0.207 e. The molecule has 104 valence electrons. The Bertz CT molecular complexity index is 653. The molecule has 0 radical (unpaired) electrons. The Morgan fingerprint density at radius 3 is 2.95 bits per heavy atom. The summed E-state index contributed by atoms with van der Waals surface area (Å²) in [6.45, 7) is 2.55. The lowest BCUT2D eigenvalue weighted by Crippen LogP contribution is -2.23. The van der Waals surface area contributed by atoms with Gasteiger partial charge in [0, 0.05) is 11.0 Å². The highest BCUT2D eigenvalue weighted by molar-refractivity contribution is 7.10. The Balaban J connectivity index is 1.84. The predicted molar refractivity (Wildman–Crippen MR) is 77.1 cm³/mol. The van der Waals surface area contributed by atoms with Gasteiger partial charge in [0.15, 0.2) is 0 Å². The molecule has 1 aliphatic heterocycles. The molecule has 0 spiro atoms. The van der Waals surface area contributed by atoms with Crippen LogP contribution in [0.5, 0.6) is 0 Å². The summed E-state index contributed by atoms with van der Waals surface area (Å²) in [5, 5.41) is 3.83. The zero-order chi connectivity index (χ0) is 14.1. The van der Waals surface area contributed by atoms with Gasteiger partial charge in [-0.3, -0.25) is 0 Å². The van der Waals surface area contributed by atoms with Crippen LogP contribution in [0.2, 0.25) is 0 Å². The minimum atomic E-state index is -0.244. The molecule has 1 aromatic heterocycles. The average molecular weight is 290 g/mol. The van der Waals surface area contributed by atoms with Gasteiger partial charge in [-0.1, -0.05) is 12.1 Å². The van der Waals surface area contributed by atoms with E-state index in [4.69, 9.17) is 10.6 Å². The molecule has 0 bridgehead atoms. The van der Waals surface area contributed by atoms with Crippen LogP contribution in [0.4, 0.5) is 4.39 Å². The summed E-state index contributed by atoms with van der Waals surface area (Å²) in [6, 6.07) is 8.57. The third-order valence-corrected chi connectivity index (χ3v) is 4.34. The van der Waals surface area contributed by atoms with Crippen LogP contribution in [0.25, 0.3) is 0 Å². The van der Waals surface area contributed by atoms with Crippen LogP contribution >= 0.6 is 11.3 Å². The molecule has 0 saturated carbocycles. The SMILES string of the molecule is Cc1ccsc1C1C=C(N)ON1Cc1cccc(F)c1. The molecule has 1 aromatic carbocycles. The van der Waals surface area contributed by atoms with Crippen molar-refractivity contribution in [2.24, 2.45) is 5.73 Å². The lowest BCUT2D eigenvalue weighted by atomic mass is 10.1. The van der Waals surface area contributed by atoms with Crippen LogP contribution in [0.1, 0.15) is 22.0 Å². The first-order valence-corrected chi connectivity index (χ1v) is 7.22. The van der Waals surface area contributed by atoms with Gasteiger partial charge in [0.25, 0.3) is 0 Å². The maximum atomic E-state index is 13.3. The maximum absolute atomic E-state index is 13.3. The Morgan fingerprint density at radius 1 is 1.40 bits per heavy atom. The number of aryl methyl sites for hydroxylation is 1. The van der Waals surface area contributed by atoms with E-state index in [2.05, 4.69) is 13.0 Å². The Kier molecular flexibility index (Phi) is 3.46. The second-order valence-electron chi connectivity index (χ2n) is 4.78. The van der Waals surface area contributed by atoms with Crippen molar-refractivity contribution in [1.82, 2.24) is 5.06 Å². The molecule has 0 amide bonds. The van der Waals surface area contributed by atoms with Gasteiger partial charge in [-0.05, 0) is 41.6 Å². The lowest BCUT2D eigenvalue weighted by molar-refractivity contribution is -0.127. The van der Waals surface area contributed by atoms with Crippen LogP contribution in [0, 0.1) is 12.7 Å². The fraction of sp³-hybridized carbons (Fsp3) is 0.200. The van der Waals surface area contributed by atoms with Gasteiger partial charge in [0.2, 0.25) is 5.88 Å². The van der Waals surface area contributed by atoms with Crippen molar-refractivity contribution in [3.05, 3.63) is 69.5 Å². The lowest BCUT2D eigenvalue weighted by Gasteiger charge is -2.22. The zero-order valence-corrected chi connectivity index (χ0v) is 11.9. The molecule has 0 saturated heterocycles. The molecule has 2 aromatic rings. The van der Waals surface area contributed by atoms with Gasteiger partial charge >= 0.3 is 0 Å². The summed E-state index contributed by atoms with van der Waals surface area (Å²) in [6.07, 6.45) is 1.89. The minimum Gasteiger partial charge on any atom is -0.387 e. The van der Waals surface area contributed by atoms with E-state index in [-0.39, 0.29) is 11.9 Å². The number of hydroxylamine groups is 2. The average Bonchev–Trinajstić information content (AvgIpc) is 2.95. The first-order valence-electron chi connectivity index (χ1n) is 6.34. The molecule has 1 aliphatic rings. The van der Waals surface area contributed by atoms with Gasteiger partial charge in [-0.25, -0.2) is 4.39 Å². The van der Waals surface area contributed by atoms with Gasteiger partial charge in [0.05, 0.1) is 6.54 Å². The molecule has 3 rings (SSSR count). The topological polar surface area (TPSA) is 38.5 Å². The van der Waals surface area contributed by atoms with E-state index < -0.39 is 0 Å². The van der Waals surface area contributed by atoms with E-state index >= 15 is 0 Å². The number of nitrogens with two attached hydrogens (primary N) is 1. The first kappa shape index (κ1) is 13.1. The number of nitrogens with zero attached hydrogens (tertiary/aromatic N) is 1. The van der Waals surface area contributed by atoms with Crippen LogP contribution < -0.4 is 5.73 Å². The van der Waals surface area contributed by atoms with Crippen molar-refractivity contribution in [1.29, 1.82) is 0 Å². The highest BCUT2D eigenvalue weighted by atomic mass is 32.1. The molecule has 2 N–H and O–H groups in total. The largest absolute Gasteiger partial charge is 0.387 e. The monoisotopic (exact) mass is 290 g/mol. The van der Waals surface area contributed by atoms with Crippen LogP contribution in [0.15, 0.2) is 47.7 Å². The van der Waals surface area contributed by atoms with Crippen LogP contribution in [-0.4, -0.2) is 5.06 Å². The van der Waals surface area contributed by atoms with Crippen LogP contribution in [0.3, 0.4) is 0 Å². The maximum Gasteiger partial charge on any atom is 0.207 e. The zero-order valence-electron chi connectivity index (χ0n) is 11.0. The normalized spacial score (nSPS) is 18.9. The Morgan fingerprint density at radius 2 is 2.25 bits per heavy atom. The third kappa shape index (κ3) is 2.55. The van der Waals surface area contributed by atoms with Crippen LogP contribution in [-0.2, 0) is 11.4 Å². The summed E-state index contributed by atoms with van der Waals surface area (Å²) in [7, 11) is 0. The highest BCUT2D eigenvalue weighted by Gasteiger charge is 2.29. The molecule has 0 aliphatic carbocycles. The van der Waals surface area contributed by atoms with E-state index in [1.165, 1.54) is 22.6 Å². The molecule has 2 heterocycles. The Hall–Kier alpha value is -1.85. The fourth-order valence-electron chi connectivity index (χ4n) is 2.30. The van der Waals surface area contributed by atoms with Crippen molar-refractivity contribution < 1.29 is 9.23 Å². The number of thiophene rings is 1. The first-order chi connectivity index (χ1) is 9.63. The number of halogens is 1. The van der Waals surface area contributed by atoms with Gasteiger partial charge in [0.1, 0.15) is 11.9 Å².